The van der Waals surface area contributed by atoms with Crippen molar-refractivity contribution < 1.29 is 5.11 Å². The highest BCUT2D eigenvalue weighted by Gasteiger charge is 2.12. The molecule has 0 radical (unpaired) electrons. The first-order valence-corrected chi connectivity index (χ1v) is 7.54. The Morgan fingerprint density at radius 1 is 1.47 bits per heavy atom. The molecular weight excluding hydrogens is 348 g/mol. The number of nitrogens with zero attached hydrogens (tertiary/aromatic N) is 1. The lowest BCUT2D eigenvalue weighted by Crippen LogP contribution is -1.95. The quantitative estimate of drug-likeness (QED) is 0.859. The van der Waals surface area contributed by atoms with E-state index in [0.717, 1.165) is 25.6 Å². The van der Waals surface area contributed by atoms with Crippen LogP contribution in [-0.4, -0.2) is 17.1 Å². The lowest BCUT2D eigenvalue weighted by Gasteiger charge is -2.12. The molecule has 100 valence electrons. The molecule has 0 saturated heterocycles. The number of anilines is 1. The molecule has 0 unspecified atom stereocenters. The predicted molar refractivity (Wildman–Crippen MR) is 83.0 cm³/mol. The summed E-state index contributed by atoms with van der Waals surface area (Å²) in [6.45, 7) is -0.0425. The van der Waals surface area contributed by atoms with E-state index < -0.39 is 0 Å². The van der Waals surface area contributed by atoms with Gasteiger partial charge in [-0.2, -0.15) is 0 Å². The topological polar surface area (TPSA) is 45.2 Å². The number of hydrogen-bond acceptors (Lipinski definition) is 4. The van der Waals surface area contributed by atoms with Gasteiger partial charge in [-0.1, -0.05) is 45.4 Å². The minimum atomic E-state index is -0.0425. The van der Waals surface area contributed by atoms with Gasteiger partial charge < -0.3 is 10.4 Å². The van der Waals surface area contributed by atoms with Crippen molar-refractivity contribution in [3.8, 4) is 0 Å². The molecule has 6 heteroatoms. The van der Waals surface area contributed by atoms with Gasteiger partial charge in [-0.25, -0.2) is 4.98 Å². The molecule has 0 atom stereocenters. The van der Waals surface area contributed by atoms with Crippen molar-refractivity contribution >= 4 is 45.0 Å². The van der Waals surface area contributed by atoms with Gasteiger partial charge in [0.2, 0.25) is 0 Å². The van der Waals surface area contributed by atoms with Crippen LogP contribution >= 0.6 is 39.3 Å². The highest BCUT2D eigenvalue weighted by Crippen LogP contribution is 2.40. The van der Waals surface area contributed by atoms with Crippen molar-refractivity contribution in [1.82, 2.24) is 4.98 Å². The Morgan fingerprint density at radius 2 is 2.26 bits per heavy atom. The van der Waals surface area contributed by atoms with Gasteiger partial charge in [-0.05, 0) is 18.2 Å². The third kappa shape index (κ3) is 3.42. The number of benzene rings is 1. The van der Waals surface area contributed by atoms with Crippen molar-refractivity contribution in [2.24, 2.45) is 0 Å². The summed E-state index contributed by atoms with van der Waals surface area (Å²) in [5, 5.41) is 13.8. The van der Waals surface area contributed by atoms with E-state index in [1.54, 1.807) is 12.3 Å². The number of nitrogens with one attached hydrogen (secondary N) is 1. The van der Waals surface area contributed by atoms with Gasteiger partial charge in [-0.3, -0.25) is 0 Å². The molecule has 0 saturated carbocycles. The Hall–Kier alpha value is -0.750. The summed E-state index contributed by atoms with van der Waals surface area (Å²) in [6, 6.07) is 7.45. The van der Waals surface area contributed by atoms with Crippen LogP contribution in [0.15, 0.2) is 44.9 Å². The van der Waals surface area contributed by atoms with Gasteiger partial charge in [-0.15, -0.1) is 0 Å². The Bertz CT molecular complexity index is 595. The Balaban J connectivity index is 2.43. The average molecular weight is 360 g/mol. The molecule has 2 rings (SSSR count). The minimum Gasteiger partial charge on any atom is -0.392 e. The van der Waals surface area contributed by atoms with Crippen LogP contribution in [-0.2, 0) is 6.61 Å². The molecule has 1 heterocycles. The van der Waals surface area contributed by atoms with E-state index in [2.05, 4.69) is 26.2 Å². The lowest BCUT2D eigenvalue weighted by molar-refractivity contribution is 0.278. The van der Waals surface area contributed by atoms with E-state index in [1.165, 1.54) is 11.8 Å². The van der Waals surface area contributed by atoms with E-state index in [0.29, 0.717) is 5.02 Å². The lowest BCUT2D eigenvalue weighted by atomic mass is 10.3. The average Bonchev–Trinajstić information content (AvgIpc) is 2.42. The zero-order chi connectivity index (χ0) is 13.8. The molecule has 0 aliphatic heterocycles. The van der Waals surface area contributed by atoms with Gasteiger partial charge in [0.15, 0.2) is 0 Å². The number of aliphatic hydroxyl groups excluding tert-OH is 1. The highest BCUT2D eigenvalue weighted by molar-refractivity contribution is 9.10. The summed E-state index contributed by atoms with van der Waals surface area (Å²) in [4.78, 5) is 5.18. The fraction of sp³-hybridized carbons (Fsp3) is 0.154. The maximum Gasteiger partial charge on any atom is 0.106 e. The molecule has 3 nitrogen and oxygen atoms in total. The van der Waals surface area contributed by atoms with Crippen molar-refractivity contribution in [1.29, 1.82) is 0 Å². The Labute approximate surface area is 129 Å². The van der Waals surface area contributed by atoms with Crippen molar-refractivity contribution in [3.05, 3.63) is 45.5 Å². The van der Waals surface area contributed by atoms with Crippen LogP contribution in [0.25, 0.3) is 0 Å². The fourth-order valence-electron chi connectivity index (χ4n) is 1.58. The summed E-state index contributed by atoms with van der Waals surface area (Å²) < 4.78 is 0.912. The molecule has 0 aliphatic carbocycles. The minimum absolute atomic E-state index is 0.0425. The highest BCUT2D eigenvalue weighted by atomic mass is 79.9. The summed E-state index contributed by atoms with van der Waals surface area (Å²) in [5.74, 6) is 0. The predicted octanol–water partition coefficient (Wildman–Crippen LogP) is 4.18. The van der Waals surface area contributed by atoms with Crippen LogP contribution in [0, 0.1) is 0 Å². The normalized spacial score (nSPS) is 10.5. The second-order valence-electron chi connectivity index (χ2n) is 3.74. The summed E-state index contributed by atoms with van der Waals surface area (Å²) in [7, 11) is 1.84. The van der Waals surface area contributed by atoms with Gasteiger partial charge in [0.25, 0.3) is 0 Å². The maximum absolute atomic E-state index is 9.33. The molecule has 0 fully saturated rings. The smallest absolute Gasteiger partial charge is 0.106 e. The first kappa shape index (κ1) is 14.7. The van der Waals surface area contributed by atoms with Gasteiger partial charge in [0.05, 0.1) is 22.2 Å². The number of pyridine rings is 1. The van der Waals surface area contributed by atoms with Gasteiger partial charge >= 0.3 is 0 Å². The molecule has 2 aromatic rings. The van der Waals surface area contributed by atoms with Crippen molar-refractivity contribution in [3.63, 3.8) is 0 Å². The first-order chi connectivity index (χ1) is 9.15. The third-order valence-corrected chi connectivity index (χ3v) is 4.57. The zero-order valence-electron chi connectivity index (χ0n) is 10.2. The summed E-state index contributed by atoms with van der Waals surface area (Å²) in [6.07, 6.45) is 1.70. The molecule has 0 amide bonds. The molecule has 0 aliphatic rings. The monoisotopic (exact) mass is 358 g/mol. The number of rotatable bonds is 4. The molecule has 0 spiro atoms. The third-order valence-electron chi connectivity index (χ3n) is 2.50. The van der Waals surface area contributed by atoms with Crippen LogP contribution in [0.3, 0.4) is 0 Å². The van der Waals surface area contributed by atoms with E-state index in [1.807, 2.05) is 25.2 Å². The van der Waals surface area contributed by atoms with E-state index in [4.69, 9.17) is 11.6 Å². The second-order valence-corrected chi connectivity index (χ2v) is 6.06. The molecule has 1 aromatic carbocycles. The number of aliphatic hydroxyl groups is 1. The van der Waals surface area contributed by atoms with Gasteiger partial charge in [0.1, 0.15) is 5.03 Å². The number of aromatic nitrogens is 1. The van der Waals surface area contributed by atoms with E-state index in [9.17, 15) is 5.11 Å². The fourth-order valence-corrected chi connectivity index (χ4v) is 3.51. The molecular formula is C13H12BrClN2OS. The van der Waals surface area contributed by atoms with E-state index in [-0.39, 0.29) is 6.61 Å². The SMILES string of the molecule is CNc1cc(Br)cc(Cl)c1Sc1ncccc1CO. The van der Waals surface area contributed by atoms with Crippen LogP contribution < -0.4 is 5.32 Å². The maximum atomic E-state index is 9.33. The van der Waals surface area contributed by atoms with Gasteiger partial charge in [0, 0.05) is 23.3 Å². The Morgan fingerprint density at radius 3 is 2.95 bits per heavy atom. The van der Waals surface area contributed by atoms with Crippen LogP contribution in [0.5, 0.6) is 0 Å². The van der Waals surface area contributed by atoms with E-state index >= 15 is 0 Å². The number of hydrogen-bond donors (Lipinski definition) is 2. The van der Waals surface area contributed by atoms with Crippen LogP contribution in [0.4, 0.5) is 5.69 Å². The molecule has 2 N–H and O–H groups in total. The molecule has 19 heavy (non-hydrogen) atoms. The summed E-state index contributed by atoms with van der Waals surface area (Å²) in [5.41, 5.74) is 1.70. The van der Waals surface area contributed by atoms with Crippen molar-refractivity contribution in [2.75, 3.05) is 12.4 Å². The van der Waals surface area contributed by atoms with Crippen LogP contribution in [0.2, 0.25) is 5.02 Å². The number of halogens is 2. The largest absolute Gasteiger partial charge is 0.392 e. The van der Waals surface area contributed by atoms with Crippen LogP contribution in [0.1, 0.15) is 5.56 Å². The standard InChI is InChI=1S/C13H12BrClN2OS/c1-16-11-6-9(14)5-10(15)12(11)19-13-8(7-18)3-2-4-17-13/h2-6,16,18H,7H2,1H3. The Kier molecular flexibility index (Phi) is 5.10. The summed E-state index contributed by atoms with van der Waals surface area (Å²) >= 11 is 11.1. The van der Waals surface area contributed by atoms with Crippen molar-refractivity contribution in [2.45, 2.75) is 16.5 Å². The molecule has 0 bridgehead atoms. The molecule has 1 aromatic heterocycles. The zero-order valence-corrected chi connectivity index (χ0v) is 13.3. The second kappa shape index (κ2) is 6.61. The first-order valence-electron chi connectivity index (χ1n) is 5.55.